The second-order valence-corrected chi connectivity index (χ2v) is 8.38. The second kappa shape index (κ2) is 7.34. The summed E-state index contributed by atoms with van der Waals surface area (Å²) in [4.78, 5) is 12.3. The van der Waals surface area contributed by atoms with Crippen molar-refractivity contribution in [1.29, 1.82) is 0 Å². The number of benzene rings is 1. The van der Waals surface area contributed by atoms with Crippen LogP contribution in [0.3, 0.4) is 0 Å². The van der Waals surface area contributed by atoms with Crippen LogP contribution in [0.2, 0.25) is 10.0 Å². The normalized spacial score (nSPS) is 11.6. The van der Waals surface area contributed by atoms with Crippen molar-refractivity contribution in [3.8, 4) is 16.3 Å². The van der Waals surface area contributed by atoms with Gasteiger partial charge in [-0.1, -0.05) is 46.7 Å². The molecule has 0 unspecified atom stereocenters. The summed E-state index contributed by atoms with van der Waals surface area (Å²) >= 11 is 13.4. The summed E-state index contributed by atoms with van der Waals surface area (Å²) < 4.78 is 6.94. The molecule has 6 nitrogen and oxygen atoms in total. The zero-order valence-corrected chi connectivity index (χ0v) is 16.7. The summed E-state index contributed by atoms with van der Waals surface area (Å²) in [5, 5.41) is 14.5. The molecule has 0 fully saturated rings. The fourth-order valence-electron chi connectivity index (χ4n) is 2.16. The highest BCUT2D eigenvalue weighted by Gasteiger charge is 2.20. The first-order valence-electron chi connectivity index (χ1n) is 7.75. The van der Waals surface area contributed by atoms with E-state index >= 15 is 0 Å². The smallest absolute Gasteiger partial charge is 0.289 e. The standard InChI is InChI=1S/C17H16Cl2N4O2S/c1-17(2,3)23-16(24)14(19)12(8-20-23)25-9-13-21-22-15(26-13)10-4-6-11(18)7-5-10/h4-8H,9H2,1-3H3. The lowest BCUT2D eigenvalue weighted by atomic mass is 10.1. The zero-order chi connectivity index (χ0) is 18.9. The van der Waals surface area contributed by atoms with Crippen LogP contribution in [0, 0.1) is 0 Å². The predicted molar refractivity (Wildman–Crippen MR) is 103 cm³/mol. The average Bonchev–Trinajstić information content (AvgIpc) is 3.04. The van der Waals surface area contributed by atoms with Gasteiger partial charge >= 0.3 is 0 Å². The zero-order valence-electron chi connectivity index (χ0n) is 14.4. The maximum Gasteiger partial charge on any atom is 0.289 e. The number of nitrogens with zero attached hydrogens (tertiary/aromatic N) is 4. The third kappa shape index (κ3) is 4.06. The molecule has 0 aliphatic heterocycles. The lowest BCUT2D eigenvalue weighted by molar-refractivity contribution is 0.291. The Morgan fingerprint density at radius 1 is 1.15 bits per heavy atom. The number of rotatable bonds is 4. The van der Waals surface area contributed by atoms with E-state index < -0.39 is 11.1 Å². The number of ether oxygens (including phenoxy) is 1. The Kier molecular flexibility index (Phi) is 5.32. The van der Waals surface area contributed by atoms with Crippen molar-refractivity contribution in [2.75, 3.05) is 0 Å². The Bertz CT molecular complexity index is 978. The lowest BCUT2D eigenvalue weighted by Crippen LogP contribution is -2.36. The van der Waals surface area contributed by atoms with Crippen molar-refractivity contribution >= 4 is 34.5 Å². The molecule has 3 rings (SSSR count). The third-order valence-electron chi connectivity index (χ3n) is 3.43. The fraction of sp³-hybridized carbons (Fsp3) is 0.294. The Hall–Kier alpha value is -1.96. The van der Waals surface area contributed by atoms with E-state index in [-0.39, 0.29) is 17.4 Å². The third-order valence-corrected chi connectivity index (χ3v) is 4.98. The van der Waals surface area contributed by atoms with Crippen molar-refractivity contribution in [3.63, 3.8) is 0 Å². The highest BCUT2D eigenvalue weighted by Crippen LogP contribution is 2.26. The molecule has 136 valence electrons. The van der Waals surface area contributed by atoms with Gasteiger partial charge in [0, 0.05) is 10.6 Å². The van der Waals surface area contributed by atoms with Gasteiger partial charge in [0.15, 0.2) is 15.8 Å². The molecule has 0 aliphatic carbocycles. The molecule has 0 bridgehead atoms. The van der Waals surface area contributed by atoms with Crippen molar-refractivity contribution < 1.29 is 4.74 Å². The fourth-order valence-corrected chi connectivity index (χ4v) is 3.22. The van der Waals surface area contributed by atoms with E-state index in [9.17, 15) is 4.79 Å². The molecule has 9 heteroatoms. The molecule has 0 amide bonds. The minimum Gasteiger partial charge on any atom is -0.483 e. The van der Waals surface area contributed by atoms with Crippen molar-refractivity contribution in [2.24, 2.45) is 0 Å². The van der Waals surface area contributed by atoms with E-state index in [4.69, 9.17) is 27.9 Å². The maximum absolute atomic E-state index is 12.3. The van der Waals surface area contributed by atoms with Crippen LogP contribution in [0.15, 0.2) is 35.3 Å². The van der Waals surface area contributed by atoms with Crippen LogP contribution in [-0.4, -0.2) is 20.0 Å². The van der Waals surface area contributed by atoms with Crippen LogP contribution in [0.4, 0.5) is 0 Å². The molecule has 0 spiro atoms. The van der Waals surface area contributed by atoms with Gasteiger partial charge in [0.1, 0.15) is 11.6 Å². The van der Waals surface area contributed by atoms with Gasteiger partial charge in [-0.2, -0.15) is 5.10 Å². The first kappa shape index (κ1) is 18.8. The van der Waals surface area contributed by atoms with Crippen molar-refractivity contribution in [2.45, 2.75) is 32.9 Å². The van der Waals surface area contributed by atoms with Crippen LogP contribution in [-0.2, 0) is 12.1 Å². The summed E-state index contributed by atoms with van der Waals surface area (Å²) in [5.74, 6) is 0.223. The van der Waals surface area contributed by atoms with Crippen LogP contribution in [0.5, 0.6) is 5.75 Å². The van der Waals surface area contributed by atoms with Gasteiger partial charge in [-0.05, 0) is 32.9 Å². The molecule has 0 aliphatic rings. The van der Waals surface area contributed by atoms with Gasteiger partial charge < -0.3 is 4.74 Å². The van der Waals surface area contributed by atoms with E-state index in [1.165, 1.54) is 22.2 Å². The van der Waals surface area contributed by atoms with Gasteiger partial charge in [0.25, 0.3) is 5.56 Å². The largest absolute Gasteiger partial charge is 0.483 e. The molecular weight excluding hydrogens is 395 g/mol. The molecule has 0 atom stereocenters. The van der Waals surface area contributed by atoms with Crippen LogP contribution in [0.25, 0.3) is 10.6 Å². The van der Waals surface area contributed by atoms with E-state index in [2.05, 4.69) is 15.3 Å². The molecule has 0 N–H and O–H groups in total. The number of aromatic nitrogens is 4. The molecule has 1 aromatic carbocycles. The lowest BCUT2D eigenvalue weighted by Gasteiger charge is -2.21. The molecule has 26 heavy (non-hydrogen) atoms. The number of hydrogen-bond acceptors (Lipinski definition) is 6. The van der Waals surface area contributed by atoms with Gasteiger partial charge in [0.05, 0.1) is 11.7 Å². The molecule has 2 aromatic heterocycles. The molecular formula is C17H16Cl2N4O2S. The summed E-state index contributed by atoms with van der Waals surface area (Å²) in [6.45, 7) is 5.76. The molecule has 0 saturated carbocycles. The van der Waals surface area contributed by atoms with E-state index in [1.807, 2.05) is 32.9 Å². The van der Waals surface area contributed by atoms with Crippen LogP contribution >= 0.6 is 34.5 Å². The highest BCUT2D eigenvalue weighted by molar-refractivity contribution is 7.14. The summed E-state index contributed by atoms with van der Waals surface area (Å²) in [5.41, 5.74) is 0.0628. The minimum absolute atomic E-state index is 0.00244. The van der Waals surface area contributed by atoms with E-state index in [1.54, 1.807) is 12.1 Å². The number of halogens is 2. The quantitative estimate of drug-likeness (QED) is 0.637. The van der Waals surface area contributed by atoms with Crippen LogP contribution < -0.4 is 10.3 Å². The Balaban J connectivity index is 1.75. The first-order chi connectivity index (χ1) is 12.3. The maximum atomic E-state index is 12.3. The van der Waals surface area contributed by atoms with Gasteiger partial charge in [-0.15, -0.1) is 10.2 Å². The minimum atomic E-state index is -0.466. The van der Waals surface area contributed by atoms with Gasteiger partial charge in [0.2, 0.25) is 0 Å². The van der Waals surface area contributed by atoms with Gasteiger partial charge in [-0.25, -0.2) is 4.68 Å². The molecule has 2 heterocycles. The van der Waals surface area contributed by atoms with Crippen LogP contribution in [0.1, 0.15) is 25.8 Å². The van der Waals surface area contributed by atoms with E-state index in [0.29, 0.717) is 10.0 Å². The summed E-state index contributed by atoms with van der Waals surface area (Å²) in [6, 6.07) is 7.34. The van der Waals surface area contributed by atoms with Crippen molar-refractivity contribution in [1.82, 2.24) is 20.0 Å². The SMILES string of the molecule is CC(C)(C)n1ncc(OCc2nnc(-c3ccc(Cl)cc3)s2)c(Cl)c1=O. The summed E-state index contributed by atoms with van der Waals surface area (Å²) in [7, 11) is 0. The average molecular weight is 411 g/mol. The molecule has 3 aromatic rings. The molecule has 0 radical (unpaired) electrons. The number of hydrogen-bond donors (Lipinski definition) is 0. The first-order valence-corrected chi connectivity index (χ1v) is 9.32. The highest BCUT2D eigenvalue weighted by atomic mass is 35.5. The van der Waals surface area contributed by atoms with Crippen molar-refractivity contribution in [3.05, 3.63) is 55.9 Å². The Morgan fingerprint density at radius 3 is 2.50 bits per heavy atom. The van der Waals surface area contributed by atoms with Gasteiger partial charge in [-0.3, -0.25) is 4.79 Å². The summed E-state index contributed by atoms with van der Waals surface area (Å²) in [6.07, 6.45) is 1.44. The Labute approximate surface area is 164 Å². The van der Waals surface area contributed by atoms with E-state index in [0.717, 1.165) is 10.6 Å². The Morgan fingerprint density at radius 2 is 1.85 bits per heavy atom. The topological polar surface area (TPSA) is 69.9 Å². The predicted octanol–water partition coefficient (Wildman–Crippen LogP) is 4.40. The molecule has 0 saturated heterocycles. The second-order valence-electron chi connectivity index (χ2n) is 6.51. The monoisotopic (exact) mass is 410 g/mol.